The Kier molecular flexibility index (Phi) is 5.60. The Morgan fingerprint density at radius 2 is 2.14 bits per heavy atom. The van der Waals surface area contributed by atoms with Gasteiger partial charge in [0.15, 0.2) is 5.96 Å². The van der Waals surface area contributed by atoms with Crippen LogP contribution in [0.5, 0.6) is 0 Å². The highest BCUT2D eigenvalue weighted by Crippen LogP contribution is 2.19. The van der Waals surface area contributed by atoms with Crippen LogP contribution in [0.25, 0.3) is 0 Å². The maximum absolute atomic E-state index is 13.6. The van der Waals surface area contributed by atoms with Gasteiger partial charge in [-0.15, -0.1) is 0 Å². The number of aliphatic imine (C=N–C) groups is 1. The monoisotopic (exact) mass is 348 g/mol. The van der Waals surface area contributed by atoms with E-state index in [4.69, 9.17) is 11.6 Å². The molecule has 6 nitrogen and oxygen atoms in total. The Morgan fingerprint density at radius 3 is 2.73 bits per heavy atom. The number of halogens is 2. The average Bonchev–Trinajstić information content (AvgIpc) is 3.25. The third-order valence-electron chi connectivity index (χ3n) is 3.03. The van der Waals surface area contributed by atoms with Crippen molar-refractivity contribution in [1.29, 1.82) is 0 Å². The van der Waals surface area contributed by atoms with Crippen molar-refractivity contribution in [2.75, 3.05) is 20.1 Å². The average molecular weight is 349 g/mol. The first kappa shape index (κ1) is 17.0. The van der Waals surface area contributed by atoms with Gasteiger partial charge in [-0.1, -0.05) is 11.6 Å². The number of hydrogen-bond acceptors (Lipinski definition) is 3. The molecule has 0 unspecified atom stereocenters. The minimum absolute atomic E-state index is 0.107. The van der Waals surface area contributed by atoms with Crippen LogP contribution in [-0.4, -0.2) is 40.6 Å². The Bertz CT molecular complexity index is 662. The van der Waals surface area contributed by atoms with E-state index in [9.17, 15) is 12.8 Å². The highest BCUT2D eigenvalue weighted by atomic mass is 35.5. The van der Waals surface area contributed by atoms with Crippen molar-refractivity contribution in [3.8, 4) is 0 Å². The van der Waals surface area contributed by atoms with E-state index < -0.39 is 20.7 Å². The normalized spacial score (nSPS) is 15.7. The van der Waals surface area contributed by atoms with Crippen molar-refractivity contribution < 1.29 is 12.8 Å². The van der Waals surface area contributed by atoms with Gasteiger partial charge in [-0.2, -0.15) is 0 Å². The minimum Gasteiger partial charge on any atom is -0.355 e. The molecule has 0 heterocycles. The number of benzene rings is 1. The first-order chi connectivity index (χ1) is 10.4. The van der Waals surface area contributed by atoms with Gasteiger partial charge in [-0.3, -0.25) is 4.99 Å². The number of guanidine groups is 1. The number of nitrogens with one attached hydrogen (secondary N) is 3. The van der Waals surface area contributed by atoms with E-state index in [-0.39, 0.29) is 11.6 Å². The molecular weight excluding hydrogens is 331 g/mol. The second-order valence-electron chi connectivity index (χ2n) is 4.89. The third-order valence-corrected chi connectivity index (χ3v) is 4.76. The van der Waals surface area contributed by atoms with E-state index in [2.05, 4.69) is 20.3 Å². The molecule has 1 aliphatic rings. The molecule has 1 aliphatic carbocycles. The molecule has 0 bridgehead atoms. The summed E-state index contributed by atoms with van der Waals surface area (Å²) in [6.45, 7) is 0.441. The maximum atomic E-state index is 13.6. The summed E-state index contributed by atoms with van der Waals surface area (Å²) in [5.74, 6) is -0.251. The first-order valence-corrected chi connectivity index (χ1v) is 8.70. The van der Waals surface area contributed by atoms with Gasteiger partial charge in [0, 0.05) is 31.2 Å². The van der Waals surface area contributed by atoms with Crippen LogP contribution in [0.15, 0.2) is 28.1 Å². The summed E-state index contributed by atoms with van der Waals surface area (Å²) in [5, 5.41) is 6.30. The molecule has 1 aromatic carbocycles. The van der Waals surface area contributed by atoms with Gasteiger partial charge in [0.25, 0.3) is 0 Å². The van der Waals surface area contributed by atoms with Crippen LogP contribution in [0.1, 0.15) is 12.8 Å². The number of nitrogens with zero attached hydrogens (tertiary/aromatic N) is 1. The van der Waals surface area contributed by atoms with Gasteiger partial charge >= 0.3 is 0 Å². The van der Waals surface area contributed by atoms with Crippen molar-refractivity contribution in [3.63, 3.8) is 0 Å². The van der Waals surface area contributed by atoms with Crippen LogP contribution in [-0.2, 0) is 10.0 Å². The molecular formula is C13H18ClFN4O2S. The van der Waals surface area contributed by atoms with Crippen molar-refractivity contribution in [2.24, 2.45) is 4.99 Å². The zero-order chi connectivity index (χ0) is 16.2. The van der Waals surface area contributed by atoms with E-state index in [0.717, 1.165) is 25.0 Å². The molecule has 9 heteroatoms. The van der Waals surface area contributed by atoms with E-state index in [1.807, 2.05) is 0 Å². The Morgan fingerprint density at radius 1 is 1.41 bits per heavy atom. The number of sulfonamides is 1. The molecule has 0 radical (unpaired) electrons. The van der Waals surface area contributed by atoms with E-state index in [0.29, 0.717) is 18.5 Å². The van der Waals surface area contributed by atoms with Gasteiger partial charge in [0.1, 0.15) is 10.7 Å². The second kappa shape index (κ2) is 7.26. The van der Waals surface area contributed by atoms with Crippen molar-refractivity contribution in [2.45, 2.75) is 23.8 Å². The first-order valence-electron chi connectivity index (χ1n) is 6.84. The Hall–Kier alpha value is -1.38. The smallest absolute Gasteiger partial charge is 0.243 e. The molecule has 0 saturated heterocycles. The standard InChI is InChI=1S/C13H18ClFN4O2S/c1-16-13(19-10-3-4-10)17-6-7-18-22(20,21)12-5-2-9(14)8-11(12)15/h2,5,8,10,18H,3-4,6-7H2,1H3,(H2,16,17,19). The molecule has 1 saturated carbocycles. The summed E-state index contributed by atoms with van der Waals surface area (Å²) in [6.07, 6.45) is 2.23. The van der Waals surface area contributed by atoms with Crippen LogP contribution in [0.4, 0.5) is 4.39 Å². The van der Waals surface area contributed by atoms with Crippen LogP contribution >= 0.6 is 11.6 Å². The summed E-state index contributed by atoms with van der Waals surface area (Å²) < 4.78 is 40.0. The fraction of sp³-hybridized carbons (Fsp3) is 0.462. The van der Waals surface area contributed by atoms with Crippen molar-refractivity contribution >= 4 is 27.6 Å². The molecule has 22 heavy (non-hydrogen) atoms. The topological polar surface area (TPSA) is 82.6 Å². The lowest BCUT2D eigenvalue weighted by atomic mass is 10.3. The molecule has 1 aromatic rings. The largest absolute Gasteiger partial charge is 0.355 e. The van der Waals surface area contributed by atoms with E-state index >= 15 is 0 Å². The highest BCUT2D eigenvalue weighted by molar-refractivity contribution is 7.89. The summed E-state index contributed by atoms with van der Waals surface area (Å²) in [7, 11) is -2.26. The second-order valence-corrected chi connectivity index (χ2v) is 7.06. The third kappa shape index (κ3) is 4.82. The van der Waals surface area contributed by atoms with Crippen LogP contribution in [0.3, 0.4) is 0 Å². The lowest BCUT2D eigenvalue weighted by Crippen LogP contribution is -2.42. The maximum Gasteiger partial charge on any atom is 0.243 e. The fourth-order valence-electron chi connectivity index (χ4n) is 1.75. The van der Waals surface area contributed by atoms with Crippen molar-refractivity contribution in [3.05, 3.63) is 29.0 Å². The predicted molar refractivity (Wildman–Crippen MR) is 84.1 cm³/mol. The SMILES string of the molecule is CN=C(NCCNS(=O)(=O)c1ccc(Cl)cc1F)NC1CC1. The van der Waals surface area contributed by atoms with Crippen LogP contribution < -0.4 is 15.4 Å². The van der Waals surface area contributed by atoms with Crippen LogP contribution in [0, 0.1) is 5.82 Å². The predicted octanol–water partition coefficient (Wildman–Crippen LogP) is 1.08. The van der Waals surface area contributed by atoms with Gasteiger partial charge < -0.3 is 10.6 Å². The molecule has 3 N–H and O–H groups in total. The molecule has 0 aromatic heterocycles. The molecule has 2 rings (SSSR count). The number of rotatable bonds is 6. The summed E-state index contributed by atoms with van der Waals surface area (Å²) >= 11 is 5.61. The number of hydrogen-bond donors (Lipinski definition) is 3. The molecule has 1 fully saturated rings. The summed E-state index contributed by atoms with van der Waals surface area (Å²) in [6, 6.07) is 3.89. The van der Waals surface area contributed by atoms with E-state index in [1.54, 1.807) is 7.05 Å². The molecule has 0 spiro atoms. The summed E-state index contributed by atoms with van der Waals surface area (Å²) in [4.78, 5) is 3.61. The molecule has 0 aliphatic heterocycles. The molecule has 0 amide bonds. The Labute approximate surface area is 134 Å². The minimum atomic E-state index is -3.91. The Balaban J connectivity index is 1.84. The highest BCUT2D eigenvalue weighted by Gasteiger charge is 2.22. The van der Waals surface area contributed by atoms with Gasteiger partial charge in [0.05, 0.1) is 0 Å². The van der Waals surface area contributed by atoms with Gasteiger partial charge in [-0.05, 0) is 31.0 Å². The van der Waals surface area contributed by atoms with Crippen LogP contribution in [0.2, 0.25) is 5.02 Å². The lowest BCUT2D eigenvalue weighted by Gasteiger charge is -2.12. The van der Waals surface area contributed by atoms with E-state index in [1.165, 1.54) is 6.07 Å². The van der Waals surface area contributed by atoms with Gasteiger partial charge in [-0.25, -0.2) is 17.5 Å². The van der Waals surface area contributed by atoms with Gasteiger partial charge in [0.2, 0.25) is 10.0 Å². The zero-order valence-electron chi connectivity index (χ0n) is 12.1. The van der Waals surface area contributed by atoms with Crippen molar-refractivity contribution in [1.82, 2.24) is 15.4 Å². The quantitative estimate of drug-likeness (QED) is 0.408. The molecule has 122 valence electrons. The lowest BCUT2D eigenvalue weighted by molar-refractivity contribution is 0.556. The molecule has 0 atom stereocenters. The fourth-order valence-corrected chi connectivity index (χ4v) is 3.00. The summed E-state index contributed by atoms with van der Waals surface area (Å²) in [5.41, 5.74) is 0. The zero-order valence-corrected chi connectivity index (χ0v) is 13.6.